The fraction of sp³-hybridized carbons (Fsp3) is 0. The van der Waals surface area contributed by atoms with Gasteiger partial charge in [0.1, 0.15) is 0 Å². The molecule has 0 bridgehead atoms. The molecule has 0 radical (unpaired) electrons. The van der Waals surface area contributed by atoms with E-state index in [0.717, 1.165) is 0 Å². The average molecular weight is 218 g/mol. The van der Waals surface area contributed by atoms with E-state index in [1.54, 1.807) is 24.3 Å². The maximum atomic E-state index is 10.2. The normalized spacial score (nSPS) is 11.4. The second-order valence-corrected chi connectivity index (χ2v) is 3.10. The topological polar surface area (TPSA) is 43.1 Å². The molecule has 0 saturated carbocycles. The van der Waals surface area contributed by atoms with Crippen LogP contribution in [0.15, 0.2) is 29.4 Å². The maximum Gasteiger partial charge on any atom is 0.337 e. The van der Waals surface area contributed by atoms with Gasteiger partial charge in [0.2, 0.25) is 0 Å². The Kier molecular flexibility index (Phi) is 3.28. The molecular formula is C8H5Cl2NO2. The van der Waals surface area contributed by atoms with Crippen molar-refractivity contribution in [1.82, 2.24) is 0 Å². The SMILES string of the molecule is O=[N+]([O-])/C(Cl)=C/c1cccc(Cl)c1. The molecule has 0 fully saturated rings. The van der Waals surface area contributed by atoms with Crippen molar-refractivity contribution < 1.29 is 4.92 Å². The lowest BCUT2D eigenvalue weighted by Crippen LogP contribution is -1.90. The number of halogens is 2. The van der Waals surface area contributed by atoms with Gasteiger partial charge in [-0.1, -0.05) is 23.7 Å². The van der Waals surface area contributed by atoms with Crippen molar-refractivity contribution in [2.24, 2.45) is 0 Å². The summed E-state index contributed by atoms with van der Waals surface area (Å²) in [5.74, 6) is 0. The summed E-state index contributed by atoms with van der Waals surface area (Å²) in [6.45, 7) is 0. The molecule has 0 saturated heterocycles. The predicted octanol–water partition coefficient (Wildman–Crippen LogP) is 3.15. The van der Waals surface area contributed by atoms with Crippen LogP contribution in [0.5, 0.6) is 0 Å². The first kappa shape index (κ1) is 10.0. The smallest absolute Gasteiger partial charge is 0.257 e. The highest BCUT2D eigenvalue weighted by atomic mass is 35.5. The van der Waals surface area contributed by atoms with Gasteiger partial charge in [0.15, 0.2) is 0 Å². The van der Waals surface area contributed by atoms with Gasteiger partial charge in [0.05, 0.1) is 4.92 Å². The van der Waals surface area contributed by atoms with Crippen molar-refractivity contribution in [3.05, 3.63) is 50.1 Å². The third-order valence-electron chi connectivity index (χ3n) is 1.31. The Balaban J connectivity index is 2.97. The third-order valence-corrected chi connectivity index (χ3v) is 1.79. The maximum absolute atomic E-state index is 10.2. The molecule has 0 aliphatic heterocycles. The summed E-state index contributed by atoms with van der Waals surface area (Å²) in [5.41, 5.74) is 0.606. The average Bonchev–Trinajstić information content (AvgIpc) is 2.04. The number of benzene rings is 1. The van der Waals surface area contributed by atoms with Gasteiger partial charge in [0.25, 0.3) is 0 Å². The Morgan fingerprint density at radius 3 is 2.77 bits per heavy atom. The van der Waals surface area contributed by atoms with Crippen molar-refractivity contribution in [1.29, 1.82) is 0 Å². The lowest BCUT2D eigenvalue weighted by atomic mass is 10.2. The summed E-state index contributed by atoms with van der Waals surface area (Å²) in [5, 5.41) is 10.2. The fourth-order valence-electron chi connectivity index (χ4n) is 0.787. The van der Waals surface area contributed by atoms with E-state index in [4.69, 9.17) is 23.2 Å². The zero-order valence-electron chi connectivity index (χ0n) is 6.41. The van der Waals surface area contributed by atoms with Crippen LogP contribution in [0.2, 0.25) is 5.02 Å². The van der Waals surface area contributed by atoms with E-state index in [1.807, 2.05) is 0 Å². The summed E-state index contributed by atoms with van der Waals surface area (Å²) in [6.07, 6.45) is 1.24. The van der Waals surface area contributed by atoms with Crippen LogP contribution in [0, 0.1) is 10.1 Å². The first-order chi connectivity index (χ1) is 6.09. The number of nitrogens with zero attached hydrogens (tertiary/aromatic N) is 1. The van der Waals surface area contributed by atoms with E-state index in [-0.39, 0.29) is 0 Å². The molecule has 0 N–H and O–H groups in total. The molecule has 5 heteroatoms. The van der Waals surface area contributed by atoms with Crippen molar-refractivity contribution in [3.63, 3.8) is 0 Å². The summed E-state index contributed by atoms with van der Waals surface area (Å²) in [7, 11) is 0. The minimum absolute atomic E-state index is 0.428. The largest absolute Gasteiger partial charge is 0.337 e. The zero-order valence-corrected chi connectivity index (χ0v) is 7.92. The second kappa shape index (κ2) is 4.25. The molecule has 0 aliphatic rings. The number of hydrogen-bond donors (Lipinski definition) is 0. The van der Waals surface area contributed by atoms with Gasteiger partial charge in [-0.3, -0.25) is 10.1 Å². The highest BCUT2D eigenvalue weighted by molar-refractivity contribution is 6.31. The number of nitro groups is 1. The molecule has 13 heavy (non-hydrogen) atoms. The first-order valence-corrected chi connectivity index (χ1v) is 4.12. The molecular weight excluding hydrogens is 213 g/mol. The lowest BCUT2D eigenvalue weighted by molar-refractivity contribution is -0.410. The van der Waals surface area contributed by atoms with Crippen molar-refractivity contribution in [2.45, 2.75) is 0 Å². The highest BCUT2D eigenvalue weighted by Gasteiger charge is 2.04. The van der Waals surface area contributed by atoms with Crippen LogP contribution in [-0.2, 0) is 0 Å². The van der Waals surface area contributed by atoms with E-state index in [2.05, 4.69) is 0 Å². The molecule has 0 atom stereocenters. The van der Waals surface area contributed by atoms with Crippen LogP contribution in [0.25, 0.3) is 6.08 Å². The van der Waals surface area contributed by atoms with Crippen molar-refractivity contribution in [2.75, 3.05) is 0 Å². The minimum Gasteiger partial charge on any atom is -0.257 e. The van der Waals surface area contributed by atoms with E-state index in [1.165, 1.54) is 6.08 Å². The van der Waals surface area contributed by atoms with E-state index in [9.17, 15) is 10.1 Å². The van der Waals surface area contributed by atoms with Gasteiger partial charge in [0, 0.05) is 11.1 Å². The van der Waals surface area contributed by atoms with Gasteiger partial charge in [-0.15, -0.1) is 0 Å². The van der Waals surface area contributed by atoms with Gasteiger partial charge >= 0.3 is 5.16 Å². The van der Waals surface area contributed by atoms with Gasteiger partial charge in [-0.05, 0) is 29.3 Å². The van der Waals surface area contributed by atoms with E-state index in [0.29, 0.717) is 10.6 Å². The molecule has 0 amide bonds. The predicted molar refractivity (Wildman–Crippen MR) is 52.3 cm³/mol. The Morgan fingerprint density at radius 2 is 2.23 bits per heavy atom. The molecule has 1 rings (SSSR count). The van der Waals surface area contributed by atoms with E-state index < -0.39 is 10.1 Å². The van der Waals surface area contributed by atoms with Crippen LogP contribution in [0.4, 0.5) is 0 Å². The van der Waals surface area contributed by atoms with Crippen molar-refractivity contribution >= 4 is 29.3 Å². The fourth-order valence-corrected chi connectivity index (χ4v) is 1.11. The number of hydrogen-bond acceptors (Lipinski definition) is 2. The minimum atomic E-state index is -0.664. The molecule has 0 aliphatic carbocycles. The molecule has 0 unspecified atom stereocenters. The van der Waals surface area contributed by atoms with Crippen LogP contribution >= 0.6 is 23.2 Å². The first-order valence-electron chi connectivity index (χ1n) is 3.37. The van der Waals surface area contributed by atoms with Crippen molar-refractivity contribution in [3.8, 4) is 0 Å². The Morgan fingerprint density at radius 1 is 1.54 bits per heavy atom. The lowest BCUT2D eigenvalue weighted by Gasteiger charge is -1.92. The molecule has 0 spiro atoms. The monoisotopic (exact) mass is 217 g/mol. The number of rotatable bonds is 2. The van der Waals surface area contributed by atoms with Crippen LogP contribution < -0.4 is 0 Å². The van der Waals surface area contributed by atoms with Gasteiger partial charge < -0.3 is 0 Å². The standard InChI is InChI=1S/C8H5Cl2NO2/c9-7-3-1-2-6(4-7)5-8(10)11(12)13/h1-5H/b8-5+. The summed E-state index contributed by atoms with van der Waals surface area (Å²) in [4.78, 5) is 9.50. The van der Waals surface area contributed by atoms with Crippen LogP contribution in [-0.4, -0.2) is 4.92 Å². The zero-order chi connectivity index (χ0) is 9.84. The molecule has 0 aromatic heterocycles. The summed E-state index contributed by atoms with van der Waals surface area (Å²) < 4.78 is 0. The summed E-state index contributed by atoms with van der Waals surface area (Å²) in [6, 6.07) is 6.64. The molecule has 68 valence electrons. The molecule has 3 nitrogen and oxygen atoms in total. The quantitative estimate of drug-likeness (QED) is 0.434. The van der Waals surface area contributed by atoms with E-state index >= 15 is 0 Å². The van der Waals surface area contributed by atoms with Gasteiger partial charge in [-0.25, -0.2) is 0 Å². The third kappa shape index (κ3) is 3.05. The Bertz CT molecular complexity index is 363. The second-order valence-electron chi connectivity index (χ2n) is 2.28. The molecule has 1 aromatic carbocycles. The molecule has 0 heterocycles. The molecule has 1 aromatic rings. The highest BCUT2D eigenvalue weighted by Crippen LogP contribution is 2.15. The van der Waals surface area contributed by atoms with Crippen LogP contribution in [0.1, 0.15) is 5.56 Å². The van der Waals surface area contributed by atoms with Gasteiger partial charge in [-0.2, -0.15) is 0 Å². The Labute approximate surface area is 84.7 Å². The Hall–Kier alpha value is -1.06. The van der Waals surface area contributed by atoms with Crippen LogP contribution in [0.3, 0.4) is 0 Å². The summed E-state index contributed by atoms with van der Waals surface area (Å²) >= 11 is 11.0.